The van der Waals surface area contributed by atoms with Crippen molar-refractivity contribution in [1.29, 1.82) is 0 Å². The van der Waals surface area contributed by atoms with Crippen molar-refractivity contribution in [2.45, 2.75) is 39.3 Å². The second-order valence-electron chi connectivity index (χ2n) is 7.06. The smallest absolute Gasteiger partial charge is 0.260 e. The Bertz CT molecular complexity index is 864. The van der Waals surface area contributed by atoms with Gasteiger partial charge in [0.05, 0.1) is 19.1 Å². The number of carbonyl (C=O) groups is 1. The first kappa shape index (κ1) is 16.8. The molecule has 2 aromatic heterocycles. The van der Waals surface area contributed by atoms with Crippen molar-refractivity contribution in [3.8, 4) is 5.88 Å². The standard InChI is InChI=1S/C18H23N5O3/c1-13-9-19-12-22(16(13)24)11-14-3-6-21(7-4-14)17(25)15-10-20-23-5-2-8-26-18(15)23/h9-10,12,14H,2-8,11H2,1H3. The zero-order chi connectivity index (χ0) is 18.1. The van der Waals surface area contributed by atoms with Crippen LogP contribution in [0.2, 0.25) is 0 Å². The molecule has 8 heteroatoms. The van der Waals surface area contributed by atoms with Gasteiger partial charge in [0.25, 0.3) is 11.5 Å². The molecule has 0 saturated carbocycles. The maximum atomic E-state index is 12.8. The van der Waals surface area contributed by atoms with Crippen molar-refractivity contribution in [2.24, 2.45) is 5.92 Å². The highest BCUT2D eigenvalue weighted by Gasteiger charge is 2.29. The Kier molecular flexibility index (Phi) is 4.48. The molecule has 0 spiro atoms. The summed E-state index contributed by atoms with van der Waals surface area (Å²) >= 11 is 0. The van der Waals surface area contributed by atoms with Crippen LogP contribution >= 0.6 is 0 Å². The number of rotatable bonds is 3. The molecule has 4 heterocycles. The largest absolute Gasteiger partial charge is 0.477 e. The van der Waals surface area contributed by atoms with Crippen LogP contribution < -0.4 is 10.3 Å². The summed E-state index contributed by atoms with van der Waals surface area (Å²) in [6.45, 7) is 5.23. The van der Waals surface area contributed by atoms with Crippen LogP contribution in [0.15, 0.2) is 23.5 Å². The number of carbonyl (C=O) groups excluding carboxylic acids is 1. The summed E-state index contributed by atoms with van der Waals surface area (Å²) in [6, 6.07) is 0. The maximum Gasteiger partial charge on any atom is 0.260 e. The first-order valence-electron chi connectivity index (χ1n) is 9.12. The van der Waals surface area contributed by atoms with E-state index in [9.17, 15) is 9.59 Å². The molecule has 2 aromatic rings. The summed E-state index contributed by atoms with van der Waals surface area (Å²) in [5, 5.41) is 4.26. The third-order valence-electron chi connectivity index (χ3n) is 5.20. The van der Waals surface area contributed by atoms with Gasteiger partial charge in [-0.1, -0.05) is 0 Å². The number of amides is 1. The van der Waals surface area contributed by atoms with Gasteiger partial charge in [0, 0.05) is 44.4 Å². The normalized spacial score (nSPS) is 17.7. The van der Waals surface area contributed by atoms with Gasteiger partial charge in [-0.3, -0.25) is 14.2 Å². The van der Waals surface area contributed by atoms with Crippen LogP contribution in [0.3, 0.4) is 0 Å². The third kappa shape index (κ3) is 3.11. The second kappa shape index (κ2) is 6.93. The van der Waals surface area contributed by atoms with Crippen molar-refractivity contribution in [3.63, 3.8) is 0 Å². The Morgan fingerprint density at radius 3 is 2.88 bits per heavy atom. The lowest BCUT2D eigenvalue weighted by molar-refractivity contribution is 0.0675. The van der Waals surface area contributed by atoms with Crippen LogP contribution in [-0.2, 0) is 13.1 Å². The van der Waals surface area contributed by atoms with Gasteiger partial charge in [-0.05, 0) is 25.7 Å². The number of hydrogen-bond donors (Lipinski definition) is 0. The summed E-state index contributed by atoms with van der Waals surface area (Å²) in [5.41, 5.74) is 1.23. The molecule has 0 aromatic carbocycles. The summed E-state index contributed by atoms with van der Waals surface area (Å²) < 4.78 is 9.08. The molecule has 1 fully saturated rings. The molecule has 1 amide bonds. The van der Waals surface area contributed by atoms with Gasteiger partial charge in [-0.25, -0.2) is 9.67 Å². The van der Waals surface area contributed by atoms with E-state index >= 15 is 0 Å². The summed E-state index contributed by atoms with van der Waals surface area (Å²) in [5.74, 6) is 0.958. The second-order valence-corrected chi connectivity index (χ2v) is 7.06. The van der Waals surface area contributed by atoms with Crippen LogP contribution in [0.1, 0.15) is 35.2 Å². The van der Waals surface area contributed by atoms with Crippen molar-refractivity contribution >= 4 is 5.91 Å². The Morgan fingerprint density at radius 1 is 1.27 bits per heavy atom. The SMILES string of the molecule is Cc1cncn(CC2CCN(C(=O)c3cnn4c3OCCC4)CC2)c1=O. The zero-order valence-electron chi connectivity index (χ0n) is 14.9. The van der Waals surface area contributed by atoms with E-state index in [-0.39, 0.29) is 11.5 Å². The van der Waals surface area contributed by atoms with Crippen LogP contribution in [0.4, 0.5) is 0 Å². The van der Waals surface area contributed by atoms with Crippen molar-refractivity contribution in [2.75, 3.05) is 19.7 Å². The maximum absolute atomic E-state index is 12.8. The van der Waals surface area contributed by atoms with Crippen LogP contribution in [0.5, 0.6) is 5.88 Å². The molecule has 0 bridgehead atoms. The number of hydrogen-bond acceptors (Lipinski definition) is 5. The molecule has 0 unspecified atom stereocenters. The van der Waals surface area contributed by atoms with E-state index in [0.717, 1.165) is 25.8 Å². The Morgan fingerprint density at radius 2 is 2.08 bits per heavy atom. The van der Waals surface area contributed by atoms with E-state index in [1.54, 1.807) is 34.9 Å². The molecule has 26 heavy (non-hydrogen) atoms. The van der Waals surface area contributed by atoms with Gasteiger partial charge < -0.3 is 9.64 Å². The van der Waals surface area contributed by atoms with E-state index in [1.165, 1.54) is 0 Å². The van der Waals surface area contributed by atoms with Crippen LogP contribution in [-0.4, -0.2) is 49.8 Å². The van der Waals surface area contributed by atoms with Gasteiger partial charge in [0.15, 0.2) is 0 Å². The van der Waals surface area contributed by atoms with Crippen molar-refractivity contribution in [1.82, 2.24) is 24.2 Å². The first-order valence-corrected chi connectivity index (χ1v) is 9.12. The van der Waals surface area contributed by atoms with Crippen molar-refractivity contribution < 1.29 is 9.53 Å². The van der Waals surface area contributed by atoms with E-state index in [4.69, 9.17) is 4.74 Å². The highest BCUT2D eigenvalue weighted by molar-refractivity contribution is 5.96. The van der Waals surface area contributed by atoms with Gasteiger partial charge in [-0.15, -0.1) is 0 Å². The average Bonchev–Trinajstić information content (AvgIpc) is 3.10. The summed E-state index contributed by atoms with van der Waals surface area (Å²) in [4.78, 5) is 30.9. The number of fused-ring (bicyclic) bond motifs is 1. The molecule has 1 saturated heterocycles. The van der Waals surface area contributed by atoms with Gasteiger partial charge >= 0.3 is 0 Å². The lowest BCUT2D eigenvalue weighted by atomic mass is 9.96. The predicted molar refractivity (Wildman–Crippen MR) is 94.2 cm³/mol. The Hall–Kier alpha value is -2.64. The summed E-state index contributed by atoms with van der Waals surface area (Å²) in [6.07, 6.45) is 7.47. The quantitative estimate of drug-likeness (QED) is 0.821. The minimum absolute atomic E-state index is 0.0130. The molecular formula is C18H23N5O3. The molecule has 138 valence electrons. The van der Waals surface area contributed by atoms with Gasteiger partial charge in [-0.2, -0.15) is 5.10 Å². The molecule has 8 nitrogen and oxygen atoms in total. The van der Waals surface area contributed by atoms with E-state index in [2.05, 4.69) is 10.1 Å². The van der Waals surface area contributed by atoms with Crippen LogP contribution in [0.25, 0.3) is 0 Å². The fourth-order valence-corrected chi connectivity index (χ4v) is 3.67. The Labute approximate surface area is 151 Å². The lowest BCUT2D eigenvalue weighted by Crippen LogP contribution is -2.40. The Balaban J connectivity index is 1.39. The average molecular weight is 357 g/mol. The fourth-order valence-electron chi connectivity index (χ4n) is 3.67. The lowest BCUT2D eigenvalue weighted by Gasteiger charge is -2.32. The molecular weight excluding hydrogens is 334 g/mol. The number of nitrogens with zero attached hydrogens (tertiary/aromatic N) is 5. The van der Waals surface area contributed by atoms with E-state index < -0.39 is 0 Å². The molecule has 0 N–H and O–H groups in total. The minimum Gasteiger partial charge on any atom is -0.477 e. The highest BCUT2D eigenvalue weighted by atomic mass is 16.5. The zero-order valence-corrected chi connectivity index (χ0v) is 14.9. The molecule has 0 aliphatic carbocycles. The third-order valence-corrected chi connectivity index (χ3v) is 5.20. The van der Waals surface area contributed by atoms with E-state index in [0.29, 0.717) is 49.2 Å². The predicted octanol–water partition coefficient (Wildman–Crippen LogP) is 1.08. The van der Waals surface area contributed by atoms with E-state index in [1.807, 2.05) is 4.90 Å². The minimum atomic E-state index is -0.0130. The van der Waals surface area contributed by atoms with Crippen LogP contribution in [0, 0.1) is 12.8 Å². The summed E-state index contributed by atoms with van der Waals surface area (Å²) in [7, 11) is 0. The molecule has 0 radical (unpaired) electrons. The van der Waals surface area contributed by atoms with Gasteiger partial charge in [0.2, 0.25) is 5.88 Å². The molecule has 4 rings (SSSR count). The van der Waals surface area contributed by atoms with Crippen molar-refractivity contribution in [3.05, 3.63) is 40.2 Å². The number of likely N-dealkylation sites (tertiary alicyclic amines) is 1. The van der Waals surface area contributed by atoms with Gasteiger partial charge in [0.1, 0.15) is 5.56 Å². The fraction of sp³-hybridized carbons (Fsp3) is 0.556. The number of ether oxygens (including phenoxy) is 1. The number of aromatic nitrogens is 4. The molecule has 2 aliphatic heterocycles. The number of aryl methyl sites for hydroxylation is 2. The number of piperidine rings is 1. The molecule has 0 atom stereocenters. The topological polar surface area (TPSA) is 82.2 Å². The monoisotopic (exact) mass is 357 g/mol. The molecule has 2 aliphatic rings. The first-order chi connectivity index (χ1) is 12.6. The highest BCUT2D eigenvalue weighted by Crippen LogP contribution is 2.26.